The van der Waals surface area contributed by atoms with E-state index in [9.17, 15) is 9.90 Å². The number of aliphatic hydroxyl groups is 1. The molecule has 4 nitrogen and oxygen atoms in total. The quantitative estimate of drug-likeness (QED) is 0.620. The number of aliphatic hydroxyl groups excluding tert-OH is 1. The fourth-order valence-electron chi connectivity index (χ4n) is 1.10. The molecule has 2 N–H and O–H groups in total. The zero-order valence-corrected chi connectivity index (χ0v) is 6.54. The highest BCUT2D eigenvalue weighted by Crippen LogP contribution is 2.07. The van der Waals surface area contributed by atoms with E-state index in [1.165, 1.54) is 0 Å². The van der Waals surface area contributed by atoms with Gasteiger partial charge >= 0.3 is 6.09 Å². The Kier molecular flexibility index (Phi) is 2.70. The number of ether oxygens (including phenoxy) is 1. The fourth-order valence-corrected chi connectivity index (χ4v) is 1.10. The molecule has 4 heteroatoms. The van der Waals surface area contributed by atoms with Gasteiger partial charge in [-0.2, -0.15) is 0 Å². The summed E-state index contributed by atoms with van der Waals surface area (Å²) < 4.78 is 4.62. The zero-order chi connectivity index (χ0) is 8.27. The highest BCUT2D eigenvalue weighted by Gasteiger charge is 2.27. The Morgan fingerprint density at radius 1 is 1.91 bits per heavy atom. The summed E-state index contributed by atoms with van der Waals surface area (Å²) in [6.07, 6.45) is 0.721. The van der Waals surface area contributed by atoms with Crippen LogP contribution in [0.3, 0.4) is 0 Å². The molecule has 11 heavy (non-hydrogen) atoms. The van der Waals surface area contributed by atoms with Crippen molar-refractivity contribution >= 4 is 6.09 Å². The van der Waals surface area contributed by atoms with Crippen LogP contribution < -0.4 is 5.32 Å². The van der Waals surface area contributed by atoms with Crippen LogP contribution in [0.1, 0.15) is 19.8 Å². The monoisotopic (exact) mass is 159 g/mol. The van der Waals surface area contributed by atoms with Crippen LogP contribution in [0.4, 0.5) is 4.79 Å². The maximum absolute atomic E-state index is 10.5. The number of amides is 1. The van der Waals surface area contributed by atoms with Crippen molar-refractivity contribution in [3.05, 3.63) is 0 Å². The van der Waals surface area contributed by atoms with Crippen molar-refractivity contribution in [3.8, 4) is 0 Å². The molecule has 0 aromatic rings. The molecule has 1 aliphatic rings. The largest absolute Gasteiger partial charge is 0.447 e. The molecule has 1 saturated heterocycles. The van der Waals surface area contributed by atoms with Gasteiger partial charge in [-0.15, -0.1) is 0 Å². The van der Waals surface area contributed by atoms with E-state index in [4.69, 9.17) is 0 Å². The molecular formula is C7H13NO3. The van der Waals surface area contributed by atoms with Gasteiger partial charge in [0.15, 0.2) is 0 Å². The summed E-state index contributed by atoms with van der Waals surface area (Å²) in [6, 6.07) is -0.206. The molecule has 0 spiro atoms. The first-order valence-corrected chi connectivity index (χ1v) is 3.85. The second-order valence-corrected chi connectivity index (χ2v) is 2.71. The third kappa shape index (κ3) is 2.08. The molecule has 0 aromatic heterocycles. The van der Waals surface area contributed by atoms with Crippen LogP contribution in [0.25, 0.3) is 0 Å². The molecular weight excluding hydrogens is 146 g/mol. The van der Waals surface area contributed by atoms with Crippen molar-refractivity contribution in [2.24, 2.45) is 0 Å². The van der Waals surface area contributed by atoms with E-state index in [-0.39, 0.29) is 6.04 Å². The molecule has 0 radical (unpaired) electrons. The normalized spacial score (nSPS) is 26.0. The van der Waals surface area contributed by atoms with Crippen molar-refractivity contribution < 1.29 is 14.6 Å². The van der Waals surface area contributed by atoms with Gasteiger partial charge in [0.25, 0.3) is 0 Å². The minimum absolute atomic E-state index is 0.206. The standard InChI is InChI=1S/C7H13NO3/c1-2-3-6(9)5-4-11-7(10)8-5/h5-6,9H,2-4H2,1H3,(H,8,10)/t5-,6+/m0/s1. The number of hydrogen-bond donors (Lipinski definition) is 2. The van der Waals surface area contributed by atoms with Gasteiger partial charge in [0.05, 0.1) is 12.1 Å². The first kappa shape index (κ1) is 8.33. The molecule has 1 fully saturated rings. The number of alkyl carbamates (subject to hydrolysis) is 1. The van der Waals surface area contributed by atoms with Gasteiger partial charge < -0.3 is 15.2 Å². The van der Waals surface area contributed by atoms with Crippen LogP contribution in [0.5, 0.6) is 0 Å². The van der Waals surface area contributed by atoms with E-state index in [0.29, 0.717) is 13.0 Å². The molecule has 2 atom stereocenters. The van der Waals surface area contributed by atoms with Crippen LogP contribution in [-0.4, -0.2) is 30.0 Å². The molecule has 0 bridgehead atoms. The summed E-state index contributed by atoms with van der Waals surface area (Å²) in [5.74, 6) is 0. The van der Waals surface area contributed by atoms with Gasteiger partial charge in [-0.3, -0.25) is 0 Å². The van der Waals surface area contributed by atoms with Crippen molar-refractivity contribution in [1.82, 2.24) is 5.32 Å². The average Bonchev–Trinajstić information content (AvgIpc) is 2.36. The van der Waals surface area contributed by atoms with Crippen molar-refractivity contribution in [3.63, 3.8) is 0 Å². The molecule has 1 aliphatic heterocycles. The minimum Gasteiger partial charge on any atom is -0.447 e. The van der Waals surface area contributed by atoms with Crippen LogP contribution >= 0.6 is 0 Å². The molecule has 0 saturated carbocycles. The Hall–Kier alpha value is -0.770. The van der Waals surface area contributed by atoms with Crippen LogP contribution in [0.15, 0.2) is 0 Å². The summed E-state index contributed by atoms with van der Waals surface area (Å²) in [5, 5.41) is 11.9. The third-order valence-corrected chi connectivity index (χ3v) is 1.75. The molecule has 1 heterocycles. The smallest absolute Gasteiger partial charge is 0.407 e. The van der Waals surface area contributed by atoms with E-state index in [2.05, 4.69) is 10.1 Å². The summed E-state index contributed by atoms with van der Waals surface area (Å²) >= 11 is 0. The predicted octanol–water partition coefficient (Wildman–Crippen LogP) is 0.256. The van der Waals surface area contributed by atoms with E-state index >= 15 is 0 Å². The van der Waals surface area contributed by atoms with Gasteiger partial charge in [0, 0.05) is 0 Å². The number of hydrogen-bond acceptors (Lipinski definition) is 3. The SMILES string of the molecule is CCC[C@@H](O)[C@@H]1COC(=O)N1. The second-order valence-electron chi connectivity index (χ2n) is 2.71. The highest BCUT2D eigenvalue weighted by molar-refractivity contribution is 5.69. The number of nitrogens with one attached hydrogen (secondary N) is 1. The van der Waals surface area contributed by atoms with Crippen molar-refractivity contribution in [1.29, 1.82) is 0 Å². The zero-order valence-electron chi connectivity index (χ0n) is 6.54. The van der Waals surface area contributed by atoms with Crippen LogP contribution in [0.2, 0.25) is 0 Å². The van der Waals surface area contributed by atoms with E-state index in [1.807, 2.05) is 6.92 Å². The van der Waals surface area contributed by atoms with Crippen LogP contribution in [0, 0.1) is 0 Å². The van der Waals surface area contributed by atoms with Gasteiger partial charge in [-0.05, 0) is 6.42 Å². The first-order chi connectivity index (χ1) is 5.24. The molecule has 1 amide bonds. The Morgan fingerprint density at radius 2 is 2.64 bits per heavy atom. The Morgan fingerprint density at radius 3 is 3.09 bits per heavy atom. The predicted molar refractivity (Wildman–Crippen MR) is 39.2 cm³/mol. The van der Waals surface area contributed by atoms with Gasteiger partial charge in [0.2, 0.25) is 0 Å². The lowest BCUT2D eigenvalue weighted by atomic mass is 10.1. The lowest BCUT2D eigenvalue weighted by Gasteiger charge is -2.13. The lowest BCUT2D eigenvalue weighted by Crippen LogP contribution is -2.37. The Bertz CT molecular complexity index is 149. The third-order valence-electron chi connectivity index (χ3n) is 1.75. The summed E-state index contributed by atoms with van der Waals surface area (Å²) in [5.41, 5.74) is 0. The van der Waals surface area contributed by atoms with Gasteiger partial charge in [0.1, 0.15) is 6.61 Å². The summed E-state index contributed by atoms with van der Waals surface area (Å²) in [7, 11) is 0. The Labute approximate surface area is 65.5 Å². The van der Waals surface area contributed by atoms with E-state index in [1.54, 1.807) is 0 Å². The van der Waals surface area contributed by atoms with Crippen molar-refractivity contribution in [2.45, 2.75) is 31.9 Å². The number of carbonyl (C=O) groups is 1. The molecule has 1 rings (SSSR count). The molecule has 0 aromatic carbocycles. The molecule has 64 valence electrons. The maximum atomic E-state index is 10.5. The Balaban J connectivity index is 2.30. The second kappa shape index (κ2) is 3.57. The molecule has 0 unspecified atom stereocenters. The summed E-state index contributed by atoms with van der Waals surface area (Å²) in [6.45, 7) is 2.28. The summed E-state index contributed by atoms with van der Waals surface area (Å²) in [4.78, 5) is 10.5. The molecule has 0 aliphatic carbocycles. The lowest BCUT2D eigenvalue weighted by molar-refractivity contribution is 0.116. The topological polar surface area (TPSA) is 58.6 Å². The van der Waals surface area contributed by atoms with E-state index in [0.717, 1.165) is 6.42 Å². The minimum atomic E-state index is -0.466. The van der Waals surface area contributed by atoms with Gasteiger partial charge in [-0.25, -0.2) is 4.79 Å². The number of cyclic esters (lactones) is 1. The first-order valence-electron chi connectivity index (χ1n) is 3.85. The van der Waals surface area contributed by atoms with E-state index < -0.39 is 12.2 Å². The average molecular weight is 159 g/mol. The van der Waals surface area contributed by atoms with Crippen molar-refractivity contribution in [2.75, 3.05) is 6.61 Å². The maximum Gasteiger partial charge on any atom is 0.407 e. The fraction of sp³-hybridized carbons (Fsp3) is 0.857. The van der Waals surface area contributed by atoms with Crippen LogP contribution in [-0.2, 0) is 4.74 Å². The number of carbonyl (C=O) groups excluding carboxylic acids is 1. The van der Waals surface area contributed by atoms with Gasteiger partial charge in [-0.1, -0.05) is 13.3 Å². The number of rotatable bonds is 3. The highest BCUT2D eigenvalue weighted by atomic mass is 16.6.